The number of hydrogen-bond donors (Lipinski definition) is 2. The molecule has 0 radical (unpaired) electrons. The molecule has 1 rings (SSSR count). The number of nitrogens with one attached hydrogen (secondary N) is 2. The van der Waals surface area contributed by atoms with Gasteiger partial charge in [-0.15, -0.1) is 0 Å². The molecule has 0 aromatic carbocycles. The van der Waals surface area contributed by atoms with Gasteiger partial charge < -0.3 is 9.47 Å². The lowest BCUT2D eigenvalue weighted by molar-refractivity contribution is -0.156. The third kappa shape index (κ3) is 7.69. The van der Waals surface area contributed by atoms with E-state index in [0.717, 1.165) is 25.7 Å². The minimum Gasteiger partial charge on any atom is -0.464 e. The maximum absolute atomic E-state index is 11.2. The van der Waals surface area contributed by atoms with Gasteiger partial charge in [-0.2, -0.15) is 11.0 Å². The van der Waals surface area contributed by atoms with Crippen LogP contribution in [0.2, 0.25) is 0 Å². The molecule has 2 N–H and O–H groups in total. The van der Waals surface area contributed by atoms with Crippen molar-refractivity contribution in [3.05, 3.63) is 0 Å². The Hall–Kier alpha value is -1.22. The summed E-state index contributed by atoms with van der Waals surface area (Å²) in [7, 11) is 0. The van der Waals surface area contributed by atoms with E-state index in [1.165, 1.54) is 0 Å². The van der Waals surface area contributed by atoms with Crippen molar-refractivity contribution in [1.82, 2.24) is 11.0 Å². The van der Waals surface area contributed by atoms with Crippen LogP contribution < -0.4 is 11.0 Å². The number of hydrogen-bond acceptors (Lipinski definition) is 8. The summed E-state index contributed by atoms with van der Waals surface area (Å²) in [6.45, 7) is 3.87. The van der Waals surface area contributed by atoms with Crippen LogP contribution >= 0.6 is 0 Å². The Morgan fingerprint density at radius 3 is 1.64 bits per heavy atom. The Balaban J connectivity index is 2.24. The predicted molar refractivity (Wildman–Crippen MR) is 77.5 cm³/mol. The summed E-state index contributed by atoms with van der Waals surface area (Å²) in [6.07, 6.45) is 3.92. The standard InChI is InChI=1S/C14H26N2O6/c1-3-19-13(17)9-21-15-11-7-5-6-8-12(11)16-22-10-14(18)20-4-2/h11-12,15-16H,3-10H2,1-2H3/t11-,12+. The summed E-state index contributed by atoms with van der Waals surface area (Å²) in [5, 5.41) is 0. The Bertz CT molecular complexity index is 307. The van der Waals surface area contributed by atoms with Gasteiger partial charge in [-0.1, -0.05) is 12.8 Å². The van der Waals surface area contributed by atoms with E-state index >= 15 is 0 Å². The van der Waals surface area contributed by atoms with E-state index in [1.54, 1.807) is 13.8 Å². The highest BCUT2D eigenvalue weighted by Crippen LogP contribution is 2.18. The van der Waals surface area contributed by atoms with Gasteiger partial charge in [-0.3, -0.25) is 9.68 Å². The van der Waals surface area contributed by atoms with Crippen LogP contribution in [0.25, 0.3) is 0 Å². The van der Waals surface area contributed by atoms with Crippen molar-refractivity contribution in [2.45, 2.75) is 51.6 Å². The highest BCUT2D eigenvalue weighted by Gasteiger charge is 2.26. The van der Waals surface area contributed by atoms with E-state index in [4.69, 9.17) is 19.1 Å². The van der Waals surface area contributed by atoms with Crippen LogP contribution in [0.3, 0.4) is 0 Å². The highest BCUT2D eigenvalue weighted by atomic mass is 16.7. The first-order chi connectivity index (χ1) is 10.7. The van der Waals surface area contributed by atoms with E-state index in [9.17, 15) is 9.59 Å². The molecule has 128 valence electrons. The third-order valence-corrected chi connectivity index (χ3v) is 3.23. The molecule has 1 saturated carbocycles. The Labute approximate surface area is 130 Å². The van der Waals surface area contributed by atoms with Crippen molar-refractivity contribution < 1.29 is 28.7 Å². The summed E-state index contributed by atoms with van der Waals surface area (Å²) < 4.78 is 9.55. The van der Waals surface area contributed by atoms with Crippen LogP contribution in [0.15, 0.2) is 0 Å². The molecule has 0 spiro atoms. The molecule has 1 aliphatic carbocycles. The van der Waals surface area contributed by atoms with Crippen LogP contribution in [-0.4, -0.2) is 50.4 Å². The molecular weight excluding hydrogens is 292 g/mol. The van der Waals surface area contributed by atoms with Gasteiger partial charge in [0, 0.05) is 12.1 Å². The van der Waals surface area contributed by atoms with E-state index < -0.39 is 11.9 Å². The van der Waals surface area contributed by atoms with Gasteiger partial charge in [0.1, 0.15) is 0 Å². The largest absolute Gasteiger partial charge is 0.464 e. The molecule has 8 heteroatoms. The van der Waals surface area contributed by atoms with Crippen LogP contribution in [0, 0.1) is 0 Å². The molecule has 2 atom stereocenters. The zero-order valence-corrected chi connectivity index (χ0v) is 13.3. The lowest BCUT2D eigenvalue weighted by Gasteiger charge is -2.31. The molecule has 1 fully saturated rings. The van der Waals surface area contributed by atoms with E-state index in [1.807, 2.05) is 0 Å². The summed E-state index contributed by atoms with van der Waals surface area (Å²) in [4.78, 5) is 32.7. The number of rotatable bonds is 10. The van der Waals surface area contributed by atoms with E-state index in [-0.39, 0.29) is 25.3 Å². The summed E-state index contributed by atoms with van der Waals surface area (Å²) in [6, 6.07) is 0.00995. The third-order valence-electron chi connectivity index (χ3n) is 3.23. The quantitative estimate of drug-likeness (QED) is 0.443. The minimum absolute atomic E-state index is 0.00497. The van der Waals surface area contributed by atoms with Crippen LogP contribution in [0.1, 0.15) is 39.5 Å². The van der Waals surface area contributed by atoms with Gasteiger partial charge in [-0.25, -0.2) is 9.59 Å². The number of ether oxygens (including phenoxy) is 2. The minimum atomic E-state index is -0.408. The van der Waals surface area contributed by atoms with Gasteiger partial charge in [-0.05, 0) is 26.7 Å². The second kappa shape index (κ2) is 11.4. The lowest BCUT2D eigenvalue weighted by Crippen LogP contribution is -2.50. The fourth-order valence-electron chi connectivity index (χ4n) is 2.23. The Morgan fingerprint density at radius 2 is 1.27 bits per heavy atom. The van der Waals surface area contributed by atoms with Crippen molar-refractivity contribution in [3.8, 4) is 0 Å². The zero-order chi connectivity index (χ0) is 16.2. The molecule has 1 aliphatic rings. The topological polar surface area (TPSA) is 95.1 Å². The van der Waals surface area contributed by atoms with Crippen LogP contribution in [-0.2, 0) is 28.7 Å². The van der Waals surface area contributed by atoms with Crippen molar-refractivity contribution in [2.75, 3.05) is 26.4 Å². The summed E-state index contributed by atoms with van der Waals surface area (Å²) in [5.41, 5.74) is 5.73. The Morgan fingerprint density at radius 1 is 0.864 bits per heavy atom. The molecule has 22 heavy (non-hydrogen) atoms. The monoisotopic (exact) mass is 318 g/mol. The van der Waals surface area contributed by atoms with Crippen molar-refractivity contribution in [1.29, 1.82) is 0 Å². The number of carbonyl (C=O) groups is 2. The number of carbonyl (C=O) groups excluding carboxylic acids is 2. The SMILES string of the molecule is CCOC(=O)CON[C@H]1CCCC[C@H]1NOCC(=O)OCC. The summed E-state index contributed by atoms with van der Waals surface area (Å²) in [5.74, 6) is -0.817. The predicted octanol–water partition coefficient (Wildman–Crippen LogP) is 0.466. The smallest absolute Gasteiger partial charge is 0.334 e. The first-order valence-electron chi connectivity index (χ1n) is 7.73. The van der Waals surface area contributed by atoms with E-state index in [0.29, 0.717) is 13.2 Å². The molecule has 0 aromatic rings. The van der Waals surface area contributed by atoms with Gasteiger partial charge in [0.2, 0.25) is 0 Å². The average molecular weight is 318 g/mol. The van der Waals surface area contributed by atoms with Crippen molar-refractivity contribution in [3.63, 3.8) is 0 Å². The van der Waals surface area contributed by atoms with Gasteiger partial charge in [0.25, 0.3) is 0 Å². The van der Waals surface area contributed by atoms with Crippen molar-refractivity contribution in [2.24, 2.45) is 0 Å². The zero-order valence-electron chi connectivity index (χ0n) is 13.3. The fraction of sp³-hybridized carbons (Fsp3) is 0.857. The molecule has 0 aromatic heterocycles. The Kier molecular flexibility index (Phi) is 9.72. The maximum Gasteiger partial charge on any atom is 0.334 e. The van der Waals surface area contributed by atoms with Crippen LogP contribution in [0.4, 0.5) is 0 Å². The van der Waals surface area contributed by atoms with Crippen LogP contribution in [0.5, 0.6) is 0 Å². The fourth-order valence-corrected chi connectivity index (χ4v) is 2.23. The van der Waals surface area contributed by atoms with E-state index in [2.05, 4.69) is 11.0 Å². The highest BCUT2D eigenvalue weighted by molar-refractivity contribution is 5.70. The van der Waals surface area contributed by atoms with Crippen molar-refractivity contribution >= 4 is 11.9 Å². The maximum atomic E-state index is 11.2. The first-order valence-corrected chi connectivity index (χ1v) is 7.73. The van der Waals surface area contributed by atoms with Gasteiger partial charge >= 0.3 is 11.9 Å². The number of hydroxylamine groups is 2. The first kappa shape index (κ1) is 18.8. The van der Waals surface area contributed by atoms with Gasteiger partial charge in [0.05, 0.1) is 13.2 Å². The summed E-state index contributed by atoms with van der Waals surface area (Å²) >= 11 is 0. The molecule has 0 bridgehead atoms. The normalized spacial score (nSPS) is 21.4. The second-order valence-corrected chi connectivity index (χ2v) is 4.92. The molecule has 0 saturated heterocycles. The molecule has 0 amide bonds. The molecular formula is C14H26N2O6. The lowest BCUT2D eigenvalue weighted by atomic mass is 9.91. The average Bonchev–Trinajstić information content (AvgIpc) is 2.49. The second-order valence-electron chi connectivity index (χ2n) is 4.92. The molecule has 0 unspecified atom stereocenters. The molecule has 0 heterocycles. The number of esters is 2. The molecule has 0 aliphatic heterocycles. The van der Waals surface area contributed by atoms with Gasteiger partial charge in [0.15, 0.2) is 13.2 Å². The molecule has 8 nitrogen and oxygen atoms in total.